The second kappa shape index (κ2) is 6.10. The fraction of sp³-hybridized carbons (Fsp3) is 0.571. The van der Waals surface area contributed by atoms with E-state index < -0.39 is 23.7 Å². The van der Waals surface area contributed by atoms with Gasteiger partial charge in [0.25, 0.3) is 0 Å². The van der Waals surface area contributed by atoms with E-state index in [4.69, 9.17) is 4.74 Å². The highest BCUT2D eigenvalue weighted by Crippen LogP contribution is 2.34. The number of hydrogen-bond donors (Lipinski definition) is 1. The Morgan fingerprint density at radius 1 is 1.25 bits per heavy atom. The van der Waals surface area contributed by atoms with Crippen molar-refractivity contribution in [2.45, 2.75) is 31.5 Å². The van der Waals surface area contributed by atoms with Gasteiger partial charge in [0.2, 0.25) is 0 Å². The molecule has 0 saturated carbocycles. The van der Waals surface area contributed by atoms with Gasteiger partial charge < -0.3 is 9.84 Å². The lowest BCUT2D eigenvalue weighted by atomic mass is 9.90. The van der Waals surface area contributed by atoms with Gasteiger partial charge in [-0.3, -0.25) is 0 Å². The summed E-state index contributed by atoms with van der Waals surface area (Å²) < 4.78 is 56.6. The van der Waals surface area contributed by atoms with Crippen molar-refractivity contribution in [2.75, 3.05) is 13.2 Å². The highest BCUT2D eigenvalue weighted by molar-refractivity contribution is 5.28. The summed E-state index contributed by atoms with van der Waals surface area (Å²) in [5, 5.41) is 10.00. The maximum Gasteiger partial charge on any atom is 0.416 e. The maximum atomic E-state index is 13.6. The molecule has 1 aliphatic heterocycles. The van der Waals surface area contributed by atoms with Crippen LogP contribution in [0.2, 0.25) is 0 Å². The van der Waals surface area contributed by atoms with E-state index in [1.807, 2.05) is 0 Å². The molecule has 0 amide bonds. The lowest BCUT2D eigenvalue weighted by Gasteiger charge is -2.24. The van der Waals surface area contributed by atoms with Gasteiger partial charge in [-0.05, 0) is 43.4 Å². The molecule has 1 aromatic rings. The first-order chi connectivity index (χ1) is 9.38. The van der Waals surface area contributed by atoms with E-state index >= 15 is 0 Å². The number of benzene rings is 1. The minimum absolute atomic E-state index is 0.146. The first-order valence-electron chi connectivity index (χ1n) is 6.50. The van der Waals surface area contributed by atoms with Crippen molar-refractivity contribution in [1.82, 2.24) is 0 Å². The summed E-state index contributed by atoms with van der Waals surface area (Å²) in [4.78, 5) is 0. The maximum absolute atomic E-state index is 13.6. The summed E-state index contributed by atoms with van der Waals surface area (Å²) in [6.45, 7) is 1.14. The Labute approximate surface area is 114 Å². The average Bonchev–Trinajstić information content (AvgIpc) is 2.39. The summed E-state index contributed by atoms with van der Waals surface area (Å²) in [7, 11) is 0. The van der Waals surface area contributed by atoms with Crippen LogP contribution in [0, 0.1) is 11.7 Å². The fourth-order valence-electron chi connectivity index (χ4n) is 2.40. The van der Waals surface area contributed by atoms with Crippen LogP contribution in [0.3, 0.4) is 0 Å². The molecule has 1 unspecified atom stereocenters. The second-order valence-electron chi connectivity index (χ2n) is 5.04. The van der Waals surface area contributed by atoms with Gasteiger partial charge in [-0.15, -0.1) is 0 Å². The van der Waals surface area contributed by atoms with Crippen molar-refractivity contribution in [3.63, 3.8) is 0 Å². The normalized spacial score (nSPS) is 19.1. The van der Waals surface area contributed by atoms with E-state index in [2.05, 4.69) is 0 Å². The molecule has 1 heterocycles. The third-order valence-electron chi connectivity index (χ3n) is 3.58. The Morgan fingerprint density at radius 2 is 1.90 bits per heavy atom. The number of aliphatic hydroxyl groups excluding tert-OH is 1. The van der Waals surface area contributed by atoms with E-state index in [1.165, 1.54) is 0 Å². The molecule has 1 aliphatic rings. The Hall–Kier alpha value is -1.14. The Kier molecular flexibility index (Phi) is 4.65. The van der Waals surface area contributed by atoms with Crippen molar-refractivity contribution in [3.05, 3.63) is 35.1 Å². The van der Waals surface area contributed by atoms with Crippen LogP contribution in [0.25, 0.3) is 0 Å². The molecule has 0 aliphatic carbocycles. The minimum Gasteiger partial charge on any atom is -0.388 e. The second-order valence-corrected chi connectivity index (χ2v) is 5.04. The Balaban J connectivity index is 2.13. The third kappa shape index (κ3) is 3.70. The highest BCUT2D eigenvalue weighted by atomic mass is 19.4. The van der Waals surface area contributed by atoms with Gasteiger partial charge in [0.05, 0.1) is 11.7 Å². The van der Waals surface area contributed by atoms with Crippen LogP contribution in [0.5, 0.6) is 0 Å². The number of ether oxygens (including phenoxy) is 1. The largest absolute Gasteiger partial charge is 0.416 e. The zero-order chi connectivity index (χ0) is 14.8. The number of halogens is 4. The number of aliphatic hydroxyl groups is 1. The molecule has 6 heteroatoms. The monoisotopic (exact) mass is 292 g/mol. The molecule has 2 nitrogen and oxygen atoms in total. The molecule has 1 fully saturated rings. The van der Waals surface area contributed by atoms with Crippen molar-refractivity contribution in [3.8, 4) is 0 Å². The zero-order valence-corrected chi connectivity index (χ0v) is 10.8. The van der Waals surface area contributed by atoms with Gasteiger partial charge in [-0.2, -0.15) is 13.2 Å². The van der Waals surface area contributed by atoms with E-state index in [9.17, 15) is 22.7 Å². The average molecular weight is 292 g/mol. The number of alkyl halides is 3. The molecule has 0 spiro atoms. The number of rotatable bonds is 3. The topological polar surface area (TPSA) is 29.5 Å². The molecule has 1 aromatic carbocycles. The molecule has 1 saturated heterocycles. The van der Waals surface area contributed by atoms with Crippen molar-refractivity contribution in [1.29, 1.82) is 0 Å². The summed E-state index contributed by atoms with van der Waals surface area (Å²) in [6.07, 6.45) is -4.04. The van der Waals surface area contributed by atoms with Gasteiger partial charge in [0.15, 0.2) is 0 Å². The van der Waals surface area contributed by atoms with E-state index in [1.54, 1.807) is 0 Å². The lowest BCUT2D eigenvalue weighted by molar-refractivity contribution is -0.137. The third-order valence-corrected chi connectivity index (χ3v) is 3.58. The van der Waals surface area contributed by atoms with Crippen LogP contribution in [0.15, 0.2) is 18.2 Å². The van der Waals surface area contributed by atoms with Gasteiger partial charge in [0, 0.05) is 18.8 Å². The number of hydrogen-bond acceptors (Lipinski definition) is 2. The summed E-state index contributed by atoms with van der Waals surface area (Å²) in [5.74, 6) is -0.662. The van der Waals surface area contributed by atoms with Gasteiger partial charge in [-0.1, -0.05) is 0 Å². The SMILES string of the molecule is OC(CC1CCOCC1)c1cc(C(F)(F)F)ccc1F. The molecular weight excluding hydrogens is 276 g/mol. The summed E-state index contributed by atoms with van der Waals surface area (Å²) >= 11 is 0. The van der Waals surface area contributed by atoms with Gasteiger partial charge in [-0.25, -0.2) is 4.39 Å². The van der Waals surface area contributed by atoms with Crippen molar-refractivity contribution in [2.24, 2.45) is 5.92 Å². The smallest absolute Gasteiger partial charge is 0.388 e. The molecule has 20 heavy (non-hydrogen) atoms. The first kappa shape index (κ1) is 15.3. The molecule has 0 bridgehead atoms. The summed E-state index contributed by atoms with van der Waals surface area (Å²) in [6, 6.07) is 2.13. The first-order valence-corrected chi connectivity index (χ1v) is 6.50. The highest BCUT2D eigenvalue weighted by Gasteiger charge is 2.32. The predicted octanol–water partition coefficient (Wildman–Crippen LogP) is 3.69. The molecule has 0 radical (unpaired) electrons. The lowest BCUT2D eigenvalue weighted by Crippen LogP contribution is -2.18. The molecule has 112 valence electrons. The summed E-state index contributed by atoms with van der Waals surface area (Å²) in [5.41, 5.74) is -1.23. The molecular formula is C14H16F4O2. The van der Waals surface area contributed by atoms with E-state index in [0.717, 1.165) is 18.9 Å². The van der Waals surface area contributed by atoms with Crippen LogP contribution in [-0.2, 0) is 10.9 Å². The Bertz CT molecular complexity index is 453. The Morgan fingerprint density at radius 3 is 2.50 bits per heavy atom. The van der Waals surface area contributed by atoms with Gasteiger partial charge in [0.1, 0.15) is 5.82 Å². The molecule has 2 rings (SSSR count). The van der Waals surface area contributed by atoms with Gasteiger partial charge >= 0.3 is 6.18 Å². The van der Waals surface area contributed by atoms with Crippen LogP contribution < -0.4 is 0 Å². The molecule has 1 atom stereocenters. The van der Waals surface area contributed by atoms with E-state index in [0.29, 0.717) is 25.3 Å². The fourth-order valence-corrected chi connectivity index (χ4v) is 2.40. The quantitative estimate of drug-likeness (QED) is 0.861. The van der Waals surface area contributed by atoms with E-state index in [-0.39, 0.29) is 17.9 Å². The zero-order valence-electron chi connectivity index (χ0n) is 10.8. The standard InChI is InChI=1S/C14H16F4O2/c15-12-2-1-10(14(16,17)18)8-11(12)13(19)7-9-3-5-20-6-4-9/h1-2,8-9,13,19H,3-7H2. The minimum atomic E-state index is -4.54. The predicted molar refractivity (Wildman–Crippen MR) is 64.5 cm³/mol. The van der Waals surface area contributed by atoms with Crippen LogP contribution in [-0.4, -0.2) is 18.3 Å². The van der Waals surface area contributed by atoms with Crippen molar-refractivity contribution < 1.29 is 27.4 Å². The van der Waals surface area contributed by atoms with Crippen LogP contribution in [0.1, 0.15) is 36.5 Å². The molecule has 1 N–H and O–H groups in total. The molecule has 0 aromatic heterocycles. The van der Waals surface area contributed by atoms with Crippen LogP contribution in [0.4, 0.5) is 17.6 Å². The van der Waals surface area contributed by atoms with Crippen molar-refractivity contribution >= 4 is 0 Å². The van der Waals surface area contributed by atoms with Crippen LogP contribution >= 0.6 is 0 Å².